The molecule has 0 bridgehead atoms. The van der Waals surface area contributed by atoms with Crippen LogP contribution in [0.3, 0.4) is 0 Å². The molecule has 1 aromatic heterocycles. The quantitative estimate of drug-likeness (QED) is 0.701. The third kappa shape index (κ3) is 5.04. The van der Waals surface area contributed by atoms with Crippen molar-refractivity contribution in [1.29, 1.82) is 0 Å². The highest BCUT2D eigenvalue weighted by molar-refractivity contribution is 6.35. The van der Waals surface area contributed by atoms with E-state index in [1.54, 1.807) is 18.2 Å². The van der Waals surface area contributed by atoms with Crippen LogP contribution in [0, 0.1) is 0 Å². The summed E-state index contributed by atoms with van der Waals surface area (Å²) in [5, 5.41) is 13.3. The summed E-state index contributed by atoms with van der Waals surface area (Å²) < 4.78 is 5.79. The summed E-state index contributed by atoms with van der Waals surface area (Å²) in [4.78, 5) is 0. The number of hydrogen-bond acceptors (Lipinski definition) is 3. The van der Waals surface area contributed by atoms with Gasteiger partial charge in [-0.1, -0.05) is 23.2 Å². The highest BCUT2D eigenvalue weighted by atomic mass is 35.5. The Morgan fingerprint density at radius 2 is 1.90 bits per heavy atom. The van der Waals surface area contributed by atoms with Crippen molar-refractivity contribution in [2.75, 3.05) is 13.2 Å². The van der Waals surface area contributed by atoms with E-state index in [1.165, 1.54) is 0 Å². The fourth-order valence-electron chi connectivity index (χ4n) is 2.05. The van der Waals surface area contributed by atoms with Gasteiger partial charge in [0.1, 0.15) is 11.5 Å². The normalized spacial score (nSPS) is 11.0. The van der Waals surface area contributed by atoms with Gasteiger partial charge in [0.2, 0.25) is 0 Å². The lowest BCUT2D eigenvalue weighted by molar-refractivity contribution is 0.282. The molecule has 0 atom stereocenters. The molecule has 0 saturated carbocycles. The Labute approximate surface area is 134 Å². The highest BCUT2D eigenvalue weighted by Crippen LogP contribution is 2.31. The number of benzene rings is 1. The zero-order valence-corrected chi connectivity index (χ0v) is 13.3. The van der Waals surface area contributed by atoms with Crippen LogP contribution in [0.25, 0.3) is 11.3 Å². The molecule has 1 heterocycles. The second-order valence-electron chi connectivity index (χ2n) is 4.85. The summed E-state index contributed by atoms with van der Waals surface area (Å²) in [5.41, 5.74) is 0.804. The van der Waals surface area contributed by atoms with E-state index in [-0.39, 0.29) is 6.61 Å². The molecular formula is C16H19Cl2NO2. The van der Waals surface area contributed by atoms with E-state index in [9.17, 15) is 0 Å². The topological polar surface area (TPSA) is 45.4 Å². The van der Waals surface area contributed by atoms with Crippen LogP contribution in [0.5, 0.6) is 0 Å². The van der Waals surface area contributed by atoms with Crippen molar-refractivity contribution < 1.29 is 9.52 Å². The molecular weight excluding hydrogens is 309 g/mol. The fourth-order valence-corrected chi connectivity index (χ4v) is 2.44. The molecule has 0 saturated heterocycles. The third-order valence-corrected chi connectivity index (χ3v) is 3.73. The van der Waals surface area contributed by atoms with E-state index in [0.29, 0.717) is 16.6 Å². The van der Waals surface area contributed by atoms with Gasteiger partial charge in [0.15, 0.2) is 0 Å². The largest absolute Gasteiger partial charge is 0.460 e. The Morgan fingerprint density at radius 1 is 1.05 bits per heavy atom. The second-order valence-corrected chi connectivity index (χ2v) is 5.69. The maximum Gasteiger partial charge on any atom is 0.135 e. The van der Waals surface area contributed by atoms with E-state index in [1.807, 2.05) is 12.1 Å². The number of aliphatic hydroxyl groups is 1. The Kier molecular flexibility index (Phi) is 6.58. The lowest BCUT2D eigenvalue weighted by Gasteiger charge is -2.03. The maximum atomic E-state index is 8.70. The first-order valence-electron chi connectivity index (χ1n) is 7.06. The molecule has 0 fully saturated rings. The SMILES string of the molecule is OCCCCCNCc1ccc(-c2cc(Cl)ccc2Cl)o1. The van der Waals surface area contributed by atoms with Crippen molar-refractivity contribution in [2.45, 2.75) is 25.8 Å². The third-order valence-electron chi connectivity index (χ3n) is 3.17. The summed E-state index contributed by atoms with van der Waals surface area (Å²) in [5.74, 6) is 1.59. The van der Waals surface area contributed by atoms with Crippen LogP contribution < -0.4 is 5.32 Å². The lowest BCUT2D eigenvalue weighted by atomic mass is 10.2. The van der Waals surface area contributed by atoms with E-state index < -0.39 is 0 Å². The second kappa shape index (κ2) is 8.44. The molecule has 2 N–H and O–H groups in total. The van der Waals surface area contributed by atoms with Crippen LogP contribution in [0.4, 0.5) is 0 Å². The fraction of sp³-hybridized carbons (Fsp3) is 0.375. The van der Waals surface area contributed by atoms with E-state index in [0.717, 1.165) is 42.9 Å². The van der Waals surface area contributed by atoms with Crippen LogP contribution in [0.2, 0.25) is 10.0 Å². The molecule has 0 spiro atoms. The summed E-state index contributed by atoms with van der Waals surface area (Å²) in [7, 11) is 0. The van der Waals surface area contributed by atoms with Crippen LogP contribution >= 0.6 is 23.2 Å². The van der Waals surface area contributed by atoms with Gasteiger partial charge in [0.25, 0.3) is 0 Å². The van der Waals surface area contributed by atoms with Crippen LogP contribution in [-0.4, -0.2) is 18.3 Å². The van der Waals surface area contributed by atoms with E-state index in [2.05, 4.69) is 5.32 Å². The first-order chi connectivity index (χ1) is 10.2. The first-order valence-corrected chi connectivity index (χ1v) is 7.82. The van der Waals surface area contributed by atoms with Crippen molar-refractivity contribution in [3.05, 3.63) is 46.1 Å². The number of hydrogen-bond donors (Lipinski definition) is 2. The molecule has 2 aromatic rings. The molecule has 5 heteroatoms. The minimum Gasteiger partial charge on any atom is -0.460 e. The number of unbranched alkanes of at least 4 members (excludes halogenated alkanes) is 2. The number of halogens is 2. The molecule has 0 aliphatic carbocycles. The molecule has 21 heavy (non-hydrogen) atoms. The number of aliphatic hydroxyl groups excluding tert-OH is 1. The predicted octanol–water partition coefficient (Wildman–Crippen LogP) is 4.51. The minimum absolute atomic E-state index is 0.266. The molecule has 114 valence electrons. The molecule has 1 aromatic carbocycles. The summed E-state index contributed by atoms with van der Waals surface area (Å²) in [6.07, 6.45) is 2.94. The Balaban J connectivity index is 1.88. The van der Waals surface area contributed by atoms with Crippen molar-refractivity contribution in [3.8, 4) is 11.3 Å². The molecule has 0 amide bonds. The van der Waals surface area contributed by atoms with Crippen molar-refractivity contribution in [1.82, 2.24) is 5.32 Å². The van der Waals surface area contributed by atoms with Crippen LogP contribution in [-0.2, 0) is 6.54 Å². The van der Waals surface area contributed by atoms with E-state index >= 15 is 0 Å². The average Bonchev–Trinajstić information content (AvgIpc) is 2.94. The smallest absolute Gasteiger partial charge is 0.135 e. The summed E-state index contributed by atoms with van der Waals surface area (Å²) in [6.45, 7) is 1.85. The number of nitrogens with one attached hydrogen (secondary N) is 1. The van der Waals surface area contributed by atoms with Gasteiger partial charge < -0.3 is 14.8 Å². The van der Waals surface area contributed by atoms with Crippen molar-refractivity contribution in [2.24, 2.45) is 0 Å². The Morgan fingerprint density at radius 3 is 2.71 bits per heavy atom. The van der Waals surface area contributed by atoms with Gasteiger partial charge in [0, 0.05) is 17.2 Å². The standard InChI is InChI=1S/C16H19Cl2NO2/c17-12-4-6-15(18)14(10-12)16-7-5-13(21-16)11-19-8-2-1-3-9-20/h4-7,10,19-20H,1-3,8-9,11H2. The Bertz CT molecular complexity index is 569. The van der Waals surface area contributed by atoms with Gasteiger partial charge in [-0.3, -0.25) is 0 Å². The van der Waals surface area contributed by atoms with Gasteiger partial charge >= 0.3 is 0 Å². The predicted molar refractivity (Wildman–Crippen MR) is 86.8 cm³/mol. The summed E-state index contributed by atoms with van der Waals surface area (Å²) >= 11 is 12.1. The van der Waals surface area contributed by atoms with Crippen LogP contribution in [0.1, 0.15) is 25.0 Å². The van der Waals surface area contributed by atoms with E-state index in [4.69, 9.17) is 32.7 Å². The van der Waals surface area contributed by atoms with Gasteiger partial charge in [-0.05, 0) is 56.1 Å². The summed E-state index contributed by atoms with van der Waals surface area (Å²) in [6, 6.07) is 9.16. The molecule has 0 unspecified atom stereocenters. The molecule has 0 aliphatic heterocycles. The monoisotopic (exact) mass is 327 g/mol. The minimum atomic E-state index is 0.266. The van der Waals surface area contributed by atoms with Crippen molar-refractivity contribution >= 4 is 23.2 Å². The van der Waals surface area contributed by atoms with Gasteiger partial charge in [-0.15, -0.1) is 0 Å². The van der Waals surface area contributed by atoms with Gasteiger partial charge in [-0.25, -0.2) is 0 Å². The first kappa shape index (κ1) is 16.4. The van der Waals surface area contributed by atoms with Crippen molar-refractivity contribution in [3.63, 3.8) is 0 Å². The zero-order valence-electron chi connectivity index (χ0n) is 11.7. The van der Waals surface area contributed by atoms with Crippen LogP contribution in [0.15, 0.2) is 34.7 Å². The molecule has 3 nitrogen and oxygen atoms in total. The molecule has 2 rings (SSSR count). The van der Waals surface area contributed by atoms with Gasteiger partial charge in [-0.2, -0.15) is 0 Å². The average molecular weight is 328 g/mol. The molecule has 0 radical (unpaired) electrons. The highest BCUT2D eigenvalue weighted by Gasteiger charge is 2.09. The lowest BCUT2D eigenvalue weighted by Crippen LogP contribution is -2.14. The zero-order chi connectivity index (χ0) is 15.1. The number of rotatable bonds is 8. The van der Waals surface area contributed by atoms with Gasteiger partial charge in [0.05, 0.1) is 11.6 Å². The maximum absolute atomic E-state index is 8.70. The Hall–Kier alpha value is -1.00. The molecule has 0 aliphatic rings. The number of furan rings is 1.